The van der Waals surface area contributed by atoms with E-state index in [1.54, 1.807) is 18.4 Å². The van der Waals surface area contributed by atoms with Gasteiger partial charge < -0.3 is 20.2 Å². The van der Waals surface area contributed by atoms with E-state index in [9.17, 15) is 5.11 Å². The van der Waals surface area contributed by atoms with Crippen molar-refractivity contribution in [3.63, 3.8) is 0 Å². The summed E-state index contributed by atoms with van der Waals surface area (Å²) in [6, 6.07) is 11.1. The molecule has 0 aliphatic heterocycles. The number of hydrogen-bond acceptors (Lipinski definition) is 3. The zero-order valence-corrected chi connectivity index (χ0v) is 16.6. The van der Waals surface area contributed by atoms with E-state index in [1.807, 2.05) is 31.2 Å². The maximum atomic E-state index is 10.2. The standard InChI is InChI=1S/C17H22ClN3O2.HI/c1-2-19-17(20-10-9-13-6-5-11-23-13)21-12-16(22)14-7-3-4-8-15(14)18;/h3-8,11,16,22H,2,9-10,12H2,1H3,(H2,19,20,21);1H. The Morgan fingerprint density at radius 1 is 1.25 bits per heavy atom. The third-order valence-electron chi connectivity index (χ3n) is 3.27. The number of nitrogens with one attached hydrogen (secondary N) is 2. The van der Waals surface area contributed by atoms with Crippen LogP contribution in [0.15, 0.2) is 52.1 Å². The van der Waals surface area contributed by atoms with Crippen LogP contribution in [0.2, 0.25) is 5.02 Å². The van der Waals surface area contributed by atoms with Crippen molar-refractivity contribution in [3.05, 3.63) is 59.0 Å². The molecule has 7 heteroatoms. The first-order valence-electron chi connectivity index (χ1n) is 7.67. The van der Waals surface area contributed by atoms with Gasteiger partial charge in [0, 0.05) is 30.1 Å². The molecule has 0 radical (unpaired) electrons. The number of furan rings is 1. The highest BCUT2D eigenvalue weighted by molar-refractivity contribution is 14.0. The van der Waals surface area contributed by atoms with E-state index in [4.69, 9.17) is 16.0 Å². The summed E-state index contributed by atoms with van der Waals surface area (Å²) >= 11 is 6.09. The summed E-state index contributed by atoms with van der Waals surface area (Å²) < 4.78 is 5.29. The zero-order chi connectivity index (χ0) is 16.5. The maximum absolute atomic E-state index is 10.2. The summed E-state index contributed by atoms with van der Waals surface area (Å²) in [6.45, 7) is 3.67. The number of guanidine groups is 1. The topological polar surface area (TPSA) is 69.8 Å². The van der Waals surface area contributed by atoms with Crippen molar-refractivity contribution in [3.8, 4) is 0 Å². The predicted molar refractivity (Wildman–Crippen MR) is 108 cm³/mol. The lowest BCUT2D eigenvalue weighted by atomic mass is 10.1. The fourth-order valence-electron chi connectivity index (χ4n) is 2.12. The molecule has 0 amide bonds. The second kappa shape index (κ2) is 11.3. The molecule has 2 rings (SSSR count). The van der Waals surface area contributed by atoms with Gasteiger partial charge in [0.2, 0.25) is 0 Å². The van der Waals surface area contributed by atoms with Gasteiger partial charge in [0.05, 0.1) is 12.8 Å². The number of aliphatic imine (C=N–C) groups is 1. The molecule has 0 fully saturated rings. The Morgan fingerprint density at radius 3 is 2.71 bits per heavy atom. The number of benzene rings is 1. The Hall–Kier alpha value is -1.25. The monoisotopic (exact) mass is 463 g/mol. The van der Waals surface area contributed by atoms with E-state index in [0.717, 1.165) is 18.7 Å². The van der Waals surface area contributed by atoms with E-state index in [1.165, 1.54) is 0 Å². The predicted octanol–water partition coefficient (Wildman–Crippen LogP) is 3.38. The molecule has 1 unspecified atom stereocenters. The average molecular weight is 464 g/mol. The second-order valence-corrected chi connectivity index (χ2v) is 5.42. The molecule has 1 heterocycles. The van der Waals surface area contributed by atoms with E-state index in [-0.39, 0.29) is 30.5 Å². The van der Waals surface area contributed by atoms with Crippen molar-refractivity contribution >= 4 is 41.5 Å². The first kappa shape index (κ1) is 20.8. The van der Waals surface area contributed by atoms with Crippen molar-refractivity contribution in [1.82, 2.24) is 10.6 Å². The minimum Gasteiger partial charge on any atom is -0.469 e. The van der Waals surface area contributed by atoms with Crippen LogP contribution in [0.3, 0.4) is 0 Å². The Kier molecular flexibility index (Phi) is 9.82. The molecule has 0 aliphatic rings. The highest BCUT2D eigenvalue weighted by Gasteiger charge is 2.10. The summed E-state index contributed by atoms with van der Waals surface area (Å²) in [5, 5.41) is 17.1. The lowest BCUT2D eigenvalue weighted by Crippen LogP contribution is -2.38. The van der Waals surface area contributed by atoms with Crippen LogP contribution >= 0.6 is 35.6 Å². The summed E-state index contributed by atoms with van der Waals surface area (Å²) in [5.41, 5.74) is 0.685. The van der Waals surface area contributed by atoms with Crippen molar-refractivity contribution in [2.45, 2.75) is 19.4 Å². The fraction of sp³-hybridized carbons (Fsp3) is 0.353. The summed E-state index contributed by atoms with van der Waals surface area (Å²) in [4.78, 5) is 4.40. The summed E-state index contributed by atoms with van der Waals surface area (Å²) in [7, 11) is 0. The van der Waals surface area contributed by atoms with Gasteiger partial charge in [-0.3, -0.25) is 4.99 Å². The number of nitrogens with zero attached hydrogens (tertiary/aromatic N) is 1. The van der Waals surface area contributed by atoms with E-state index >= 15 is 0 Å². The van der Waals surface area contributed by atoms with Gasteiger partial charge in [-0.2, -0.15) is 0 Å². The molecule has 24 heavy (non-hydrogen) atoms. The molecule has 0 bridgehead atoms. The molecular weight excluding hydrogens is 441 g/mol. The molecule has 132 valence electrons. The van der Waals surface area contributed by atoms with Gasteiger partial charge in [-0.1, -0.05) is 29.8 Å². The number of hydrogen-bond donors (Lipinski definition) is 3. The third kappa shape index (κ3) is 6.70. The van der Waals surface area contributed by atoms with Crippen LogP contribution in [0.1, 0.15) is 24.4 Å². The zero-order valence-electron chi connectivity index (χ0n) is 13.5. The minimum absolute atomic E-state index is 0. The first-order valence-corrected chi connectivity index (χ1v) is 8.05. The SMILES string of the molecule is CCNC(=NCC(O)c1ccccc1Cl)NCCc1ccco1.I. The van der Waals surface area contributed by atoms with Crippen LogP contribution in [0.5, 0.6) is 0 Å². The first-order chi connectivity index (χ1) is 11.2. The van der Waals surface area contributed by atoms with Crippen LogP contribution < -0.4 is 10.6 Å². The van der Waals surface area contributed by atoms with Crippen molar-refractivity contribution in [2.75, 3.05) is 19.6 Å². The Bertz CT molecular complexity index is 620. The van der Waals surface area contributed by atoms with Gasteiger partial charge in [-0.15, -0.1) is 24.0 Å². The van der Waals surface area contributed by atoms with Gasteiger partial charge in [0.1, 0.15) is 11.9 Å². The summed E-state index contributed by atoms with van der Waals surface area (Å²) in [5.74, 6) is 1.58. The van der Waals surface area contributed by atoms with Gasteiger partial charge in [0.25, 0.3) is 0 Å². The van der Waals surface area contributed by atoms with Crippen LogP contribution in [-0.4, -0.2) is 30.7 Å². The average Bonchev–Trinajstić information content (AvgIpc) is 3.06. The normalized spacial score (nSPS) is 12.4. The lowest BCUT2D eigenvalue weighted by Gasteiger charge is -2.13. The number of aliphatic hydroxyl groups is 1. The minimum atomic E-state index is -0.732. The van der Waals surface area contributed by atoms with Crippen molar-refractivity contribution in [2.24, 2.45) is 4.99 Å². The van der Waals surface area contributed by atoms with Gasteiger partial charge in [-0.05, 0) is 25.1 Å². The van der Waals surface area contributed by atoms with Crippen molar-refractivity contribution < 1.29 is 9.52 Å². The van der Waals surface area contributed by atoms with E-state index in [2.05, 4.69) is 15.6 Å². The third-order valence-corrected chi connectivity index (χ3v) is 3.62. The Labute approximate surface area is 164 Å². The Morgan fingerprint density at radius 2 is 2.04 bits per heavy atom. The quantitative estimate of drug-likeness (QED) is 0.334. The molecule has 2 aromatic rings. The van der Waals surface area contributed by atoms with Gasteiger partial charge in [0.15, 0.2) is 5.96 Å². The van der Waals surface area contributed by atoms with Gasteiger partial charge >= 0.3 is 0 Å². The van der Waals surface area contributed by atoms with Crippen LogP contribution in [0, 0.1) is 0 Å². The van der Waals surface area contributed by atoms with Crippen LogP contribution in [0.25, 0.3) is 0 Å². The molecule has 1 aromatic carbocycles. The highest BCUT2D eigenvalue weighted by atomic mass is 127. The molecule has 3 N–H and O–H groups in total. The molecule has 5 nitrogen and oxygen atoms in total. The maximum Gasteiger partial charge on any atom is 0.191 e. The lowest BCUT2D eigenvalue weighted by molar-refractivity contribution is 0.187. The fourth-order valence-corrected chi connectivity index (χ4v) is 2.38. The largest absolute Gasteiger partial charge is 0.469 e. The Balaban J connectivity index is 0.00000288. The molecule has 0 spiro atoms. The van der Waals surface area contributed by atoms with E-state index in [0.29, 0.717) is 23.1 Å². The second-order valence-electron chi connectivity index (χ2n) is 5.01. The number of rotatable bonds is 7. The molecule has 0 saturated carbocycles. The number of aliphatic hydroxyl groups excluding tert-OH is 1. The highest BCUT2D eigenvalue weighted by Crippen LogP contribution is 2.22. The van der Waals surface area contributed by atoms with E-state index < -0.39 is 6.10 Å². The summed E-state index contributed by atoms with van der Waals surface area (Å²) in [6.07, 6.45) is 1.70. The number of halogens is 2. The molecular formula is C17H23ClIN3O2. The molecule has 1 atom stereocenters. The molecule has 1 aromatic heterocycles. The molecule has 0 saturated heterocycles. The van der Waals surface area contributed by atoms with Crippen molar-refractivity contribution in [1.29, 1.82) is 0 Å². The smallest absolute Gasteiger partial charge is 0.191 e. The van der Waals surface area contributed by atoms with Crippen LogP contribution in [0.4, 0.5) is 0 Å². The molecule has 0 aliphatic carbocycles. The van der Waals surface area contributed by atoms with Gasteiger partial charge in [-0.25, -0.2) is 0 Å². The van der Waals surface area contributed by atoms with Crippen LogP contribution in [-0.2, 0) is 6.42 Å².